The highest BCUT2D eigenvalue weighted by atomic mass is 35.5. The molecule has 0 aliphatic heterocycles. The molecule has 1 amide bonds. The monoisotopic (exact) mass is 383 g/mol. The second kappa shape index (κ2) is 18.8. The quantitative estimate of drug-likeness (QED) is 0.764. The number of amides is 1. The fourth-order valence-corrected chi connectivity index (χ4v) is 0.997. The summed E-state index contributed by atoms with van der Waals surface area (Å²) in [6.07, 6.45) is 0.730. The molecule has 0 bridgehead atoms. The van der Waals surface area contributed by atoms with Gasteiger partial charge in [0.15, 0.2) is 0 Å². The number of ether oxygens (including phenoxy) is 1. The van der Waals surface area contributed by atoms with E-state index in [0.29, 0.717) is 16.2 Å². The van der Waals surface area contributed by atoms with E-state index in [9.17, 15) is 4.79 Å². The SMILES string of the molecule is CO.Cl.[2H]C([2H])([2H])N(CCCC)C([2H])([2H])[2H].[2H]C([2H])([2H])N(CCN(C)C(=O)OC(C)(C)C)C([2H])([2H])[2H]. The van der Waals surface area contributed by atoms with Gasteiger partial charge in [-0.1, -0.05) is 13.3 Å². The Bertz CT molecular complexity index is 563. The summed E-state index contributed by atoms with van der Waals surface area (Å²) in [5.41, 5.74) is -0.668. The number of hydrogen-bond donors (Lipinski definition) is 1. The summed E-state index contributed by atoms with van der Waals surface area (Å²) in [4.78, 5) is 13.8. The number of carbonyl (C=O) groups is 1. The number of rotatable bonds is 6. The number of hydrogen-bond acceptors (Lipinski definition) is 5. The zero-order valence-electron chi connectivity index (χ0n) is 27.5. The van der Waals surface area contributed by atoms with Gasteiger partial charge in [0, 0.05) is 43.7 Å². The standard InChI is InChI=1S/C10H22N2O2.C6H15N.CH4O.ClH/c1-10(2,3)14-9(13)12(6)8-7-11(4)5;1-4-5-6-7(2)3;1-2;/h7-8H2,1-6H3;4-6H2,1-3H3;2H,1H3;1H/i4D3,5D3;2D3,3D3;;. The van der Waals surface area contributed by atoms with E-state index in [2.05, 4.69) is 0 Å². The third-order valence-electron chi connectivity index (χ3n) is 2.10. The van der Waals surface area contributed by atoms with Crippen LogP contribution in [0.1, 0.15) is 57.0 Å². The summed E-state index contributed by atoms with van der Waals surface area (Å²) in [5.74, 6) is 0. The zero-order valence-corrected chi connectivity index (χ0v) is 16.4. The summed E-state index contributed by atoms with van der Waals surface area (Å²) in [7, 11) is 2.42. The molecule has 0 heterocycles. The minimum atomic E-state index is -2.75. The molecule has 7 heteroatoms. The van der Waals surface area contributed by atoms with Gasteiger partial charge in [0.1, 0.15) is 5.60 Å². The van der Waals surface area contributed by atoms with Crippen LogP contribution in [0.3, 0.4) is 0 Å². The van der Waals surface area contributed by atoms with Crippen LogP contribution in [0, 0.1) is 0 Å². The molecular formula is C17H42ClN3O3. The molecule has 1 N–H and O–H groups in total. The van der Waals surface area contributed by atoms with E-state index in [4.69, 9.17) is 26.3 Å². The van der Waals surface area contributed by atoms with Crippen LogP contribution in [0.4, 0.5) is 4.79 Å². The van der Waals surface area contributed by atoms with Gasteiger partial charge in [-0.3, -0.25) is 0 Å². The van der Waals surface area contributed by atoms with Gasteiger partial charge in [0.05, 0.1) is 0 Å². The van der Waals surface area contributed by atoms with Crippen molar-refractivity contribution in [2.75, 3.05) is 61.7 Å². The van der Waals surface area contributed by atoms with Crippen molar-refractivity contribution in [3.8, 4) is 0 Å². The molecular weight excluding hydrogens is 330 g/mol. The first-order valence-corrected chi connectivity index (χ1v) is 7.28. The molecule has 24 heavy (non-hydrogen) atoms. The number of likely N-dealkylation sites (N-methyl/N-ethyl adjacent to an activating group) is 2. The lowest BCUT2D eigenvalue weighted by molar-refractivity contribution is 0.0290. The molecule has 0 atom stereocenters. The van der Waals surface area contributed by atoms with E-state index in [-0.39, 0.29) is 32.0 Å². The van der Waals surface area contributed by atoms with Crippen LogP contribution in [0.25, 0.3) is 0 Å². The average molecular weight is 384 g/mol. The second-order valence-corrected chi connectivity index (χ2v) is 5.56. The molecule has 0 spiro atoms. The summed E-state index contributed by atoms with van der Waals surface area (Å²) < 4.78 is 90.5. The second-order valence-electron chi connectivity index (χ2n) is 5.56. The van der Waals surface area contributed by atoms with Crippen LogP contribution in [0.2, 0.25) is 0 Å². The normalized spacial score (nSPS) is 19.5. The van der Waals surface area contributed by atoms with Crippen LogP contribution >= 0.6 is 12.4 Å². The molecule has 0 aromatic rings. The minimum absolute atomic E-state index is 0. The Balaban J connectivity index is -0.000000278. The molecule has 0 rings (SSSR count). The van der Waals surface area contributed by atoms with Crippen molar-refractivity contribution < 1.29 is 31.1 Å². The van der Waals surface area contributed by atoms with Gasteiger partial charge in [-0.25, -0.2) is 4.79 Å². The fourth-order valence-electron chi connectivity index (χ4n) is 0.997. The van der Waals surface area contributed by atoms with Crippen LogP contribution in [0.5, 0.6) is 0 Å². The van der Waals surface area contributed by atoms with Crippen molar-refractivity contribution >= 4 is 18.5 Å². The van der Waals surface area contributed by atoms with Crippen molar-refractivity contribution in [3.63, 3.8) is 0 Å². The first-order chi connectivity index (χ1) is 15.3. The highest BCUT2D eigenvalue weighted by Gasteiger charge is 2.19. The summed E-state index contributed by atoms with van der Waals surface area (Å²) in [6.45, 7) is -3.84. The number of aliphatic hydroxyl groups is 1. The Morgan fingerprint density at radius 3 is 1.88 bits per heavy atom. The van der Waals surface area contributed by atoms with Crippen LogP contribution < -0.4 is 0 Å². The van der Waals surface area contributed by atoms with Gasteiger partial charge in [0.25, 0.3) is 0 Å². The maximum atomic E-state index is 11.7. The first kappa shape index (κ1) is 11.9. The van der Waals surface area contributed by atoms with Gasteiger partial charge in [-0.05, 0) is 61.6 Å². The maximum absolute atomic E-state index is 11.7. The predicted molar refractivity (Wildman–Crippen MR) is 106 cm³/mol. The summed E-state index contributed by atoms with van der Waals surface area (Å²) in [6, 6.07) is 0. The molecule has 0 unspecified atom stereocenters. The predicted octanol–water partition coefficient (Wildman–Crippen LogP) is 2.79. The number of nitrogens with zero attached hydrogens (tertiary/aromatic N) is 3. The van der Waals surface area contributed by atoms with Gasteiger partial charge >= 0.3 is 6.09 Å². The maximum Gasteiger partial charge on any atom is 0.410 e. The average Bonchev–Trinajstić information content (AvgIpc) is 2.58. The van der Waals surface area contributed by atoms with E-state index in [1.165, 1.54) is 7.05 Å². The molecule has 0 saturated heterocycles. The van der Waals surface area contributed by atoms with Gasteiger partial charge in [-0.15, -0.1) is 12.4 Å². The smallest absolute Gasteiger partial charge is 0.410 e. The molecule has 0 fully saturated rings. The number of unbranched alkanes of at least 4 members (excludes halogenated alkanes) is 1. The molecule has 0 aliphatic rings. The van der Waals surface area contributed by atoms with Crippen molar-refractivity contribution in [1.82, 2.24) is 14.7 Å². The third kappa shape index (κ3) is 29.5. The highest BCUT2D eigenvalue weighted by Crippen LogP contribution is 2.08. The number of halogens is 1. The highest BCUT2D eigenvalue weighted by molar-refractivity contribution is 5.85. The number of carbonyl (C=O) groups excluding carboxylic acids is 1. The third-order valence-corrected chi connectivity index (χ3v) is 2.10. The molecule has 0 radical (unpaired) electrons. The van der Waals surface area contributed by atoms with E-state index in [1.54, 1.807) is 20.8 Å². The largest absolute Gasteiger partial charge is 0.444 e. The Hall–Kier alpha value is -0.560. The Morgan fingerprint density at radius 1 is 1.04 bits per heavy atom. The van der Waals surface area contributed by atoms with Crippen LogP contribution in [0.15, 0.2) is 0 Å². The lowest BCUT2D eigenvalue weighted by Gasteiger charge is -2.25. The van der Waals surface area contributed by atoms with Crippen LogP contribution in [-0.4, -0.2) is 93.2 Å². The van der Waals surface area contributed by atoms with E-state index >= 15 is 0 Å². The Morgan fingerprint density at radius 2 is 1.50 bits per heavy atom. The lowest BCUT2D eigenvalue weighted by Crippen LogP contribution is -2.37. The van der Waals surface area contributed by atoms with Crippen molar-refractivity contribution in [3.05, 3.63) is 0 Å². The van der Waals surface area contributed by atoms with Gasteiger partial charge in [-0.2, -0.15) is 0 Å². The van der Waals surface area contributed by atoms with Crippen LogP contribution in [-0.2, 0) is 4.74 Å². The van der Waals surface area contributed by atoms with Gasteiger partial charge in [0.2, 0.25) is 0 Å². The Kier molecular flexibility index (Phi) is 9.34. The number of aliphatic hydroxyl groups excluding tert-OH is 1. The molecule has 0 aromatic carbocycles. The van der Waals surface area contributed by atoms with E-state index < -0.39 is 39.6 Å². The van der Waals surface area contributed by atoms with E-state index in [1.807, 2.05) is 6.92 Å². The van der Waals surface area contributed by atoms with Crippen molar-refractivity contribution in [2.24, 2.45) is 0 Å². The molecule has 150 valence electrons. The lowest BCUT2D eigenvalue weighted by atomic mass is 10.2. The van der Waals surface area contributed by atoms with Crippen molar-refractivity contribution in [1.29, 1.82) is 0 Å². The summed E-state index contributed by atoms with van der Waals surface area (Å²) >= 11 is 0. The topological polar surface area (TPSA) is 56.2 Å². The molecule has 6 nitrogen and oxygen atoms in total. The van der Waals surface area contributed by atoms with Crippen molar-refractivity contribution in [2.45, 2.75) is 46.1 Å². The minimum Gasteiger partial charge on any atom is -0.444 e. The first-order valence-electron chi connectivity index (χ1n) is 13.3. The zero-order chi connectivity index (χ0) is 29.1. The van der Waals surface area contributed by atoms with E-state index in [0.717, 1.165) is 18.4 Å². The molecule has 0 aromatic heterocycles. The molecule has 0 saturated carbocycles. The fraction of sp³-hybridized carbons (Fsp3) is 0.941. The Labute approximate surface area is 173 Å². The van der Waals surface area contributed by atoms with Gasteiger partial charge < -0.3 is 24.5 Å². The summed E-state index contributed by atoms with van der Waals surface area (Å²) in [5, 5.41) is 7.00. The molecule has 0 aliphatic carbocycles.